The van der Waals surface area contributed by atoms with Crippen molar-refractivity contribution in [3.63, 3.8) is 0 Å². The minimum Gasteiger partial charge on any atom is -0.368 e. The van der Waals surface area contributed by atoms with Crippen molar-refractivity contribution in [2.45, 2.75) is 56.9 Å². The summed E-state index contributed by atoms with van der Waals surface area (Å²) in [4.78, 5) is 12.4. The van der Waals surface area contributed by atoms with E-state index in [1.165, 1.54) is 51.4 Å². The number of hydrogen-bond donors (Lipinski definition) is 2. The SMILES string of the molecule is CNC(C(N)=O)(C1CC1)C12CC3CC(CC(C3)C1)C2. The molecule has 3 heteroatoms. The molecule has 1 atom stereocenters. The van der Waals surface area contributed by atoms with Gasteiger partial charge in [-0.05, 0) is 87.5 Å². The number of carbonyl (C=O) groups is 1. The van der Waals surface area contributed by atoms with Crippen LogP contribution in [0.1, 0.15) is 51.4 Å². The molecule has 0 aromatic heterocycles. The quantitative estimate of drug-likeness (QED) is 0.815. The normalized spacial score (nSPS) is 47.1. The lowest BCUT2D eigenvalue weighted by Crippen LogP contribution is -2.70. The maximum atomic E-state index is 12.4. The maximum Gasteiger partial charge on any atom is 0.238 e. The molecule has 5 aliphatic rings. The van der Waals surface area contributed by atoms with Crippen molar-refractivity contribution in [2.24, 2.45) is 34.8 Å². The summed E-state index contributed by atoms with van der Waals surface area (Å²) in [5.74, 6) is 3.05. The molecule has 3 nitrogen and oxygen atoms in total. The minimum absolute atomic E-state index is 0.0700. The first-order valence-electron chi connectivity index (χ1n) is 8.08. The zero-order valence-electron chi connectivity index (χ0n) is 12.0. The van der Waals surface area contributed by atoms with Crippen molar-refractivity contribution >= 4 is 5.91 Å². The molecule has 3 N–H and O–H groups in total. The third kappa shape index (κ3) is 1.45. The van der Waals surface area contributed by atoms with Crippen molar-refractivity contribution < 1.29 is 4.79 Å². The first kappa shape index (κ1) is 12.2. The van der Waals surface area contributed by atoms with Crippen LogP contribution in [0.25, 0.3) is 0 Å². The third-order valence-corrected chi connectivity index (χ3v) is 6.85. The third-order valence-electron chi connectivity index (χ3n) is 6.85. The number of rotatable bonds is 4. The van der Waals surface area contributed by atoms with Gasteiger partial charge in [-0.1, -0.05) is 0 Å². The van der Waals surface area contributed by atoms with Crippen LogP contribution in [0.5, 0.6) is 0 Å². The topological polar surface area (TPSA) is 55.1 Å². The van der Waals surface area contributed by atoms with Crippen molar-refractivity contribution in [1.29, 1.82) is 0 Å². The summed E-state index contributed by atoms with van der Waals surface area (Å²) in [6, 6.07) is 0. The average molecular weight is 262 g/mol. The van der Waals surface area contributed by atoms with Crippen LogP contribution in [0.15, 0.2) is 0 Å². The molecular formula is C16H26N2O. The fraction of sp³-hybridized carbons (Fsp3) is 0.938. The Morgan fingerprint density at radius 2 is 1.58 bits per heavy atom. The molecule has 5 rings (SSSR count). The van der Waals surface area contributed by atoms with E-state index in [1.807, 2.05) is 7.05 Å². The Balaban J connectivity index is 1.78. The van der Waals surface area contributed by atoms with Crippen LogP contribution in [0, 0.1) is 29.1 Å². The minimum atomic E-state index is -0.400. The molecular weight excluding hydrogens is 236 g/mol. The fourth-order valence-corrected chi connectivity index (χ4v) is 6.60. The van der Waals surface area contributed by atoms with Gasteiger partial charge in [0.25, 0.3) is 0 Å². The van der Waals surface area contributed by atoms with Crippen molar-refractivity contribution in [3.8, 4) is 0 Å². The molecule has 19 heavy (non-hydrogen) atoms. The van der Waals surface area contributed by atoms with E-state index in [0.29, 0.717) is 5.92 Å². The second kappa shape index (κ2) is 3.75. The van der Waals surface area contributed by atoms with E-state index < -0.39 is 5.54 Å². The second-order valence-electron chi connectivity index (χ2n) is 7.89. The van der Waals surface area contributed by atoms with Gasteiger partial charge in [0.2, 0.25) is 5.91 Å². The molecule has 1 unspecified atom stereocenters. The Labute approximate surface area is 115 Å². The number of primary amides is 1. The van der Waals surface area contributed by atoms with E-state index in [4.69, 9.17) is 5.73 Å². The largest absolute Gasteiger partial charge is 0.368 e. The maximum absolute atomic E-state index is 12.4. The van der Waals surface area contributed by atoms with E-state index in [9.17, 15) is 4.79 Å². The van der Waals surface area contributed by atoms with Gasteiger partial charge in [0.05, 0.1) is 0 Å². The zero-order chi connectivity index (χ0) is 13.3. The van der Waals surface area contributed by atoms with Gasteiger partial charge in [-0.15, -0.1) is 0 Å². The monoisotopic (exact) mass is 262 g/mol. The van der Waals surface area contributed by atoms with E-state index in [2.05, 4.69) is 5.32 Å². The van der Waals surface area contributed by atoms with Crippen LogP contribution in [0.2, 0.25) is 0 Å². The highest BCUT2D eigenvalue weighted by Crippen LogP contribution is 2.66. The van der Waals surface area contributed by atoms with E-state index >= 15 is 0 Å². The Morgan fingerprint density at radius 1 is 1.11 bits per heavy atom. The van der Waals surface area contributed by atoms with Gasteiger partial charge in [0.15, 0.2) is 0 Å². The van der Waals surface area contributed by atoms with Crippen LogP contribution in [-0.2, 0) is 4.79 Å². The molecule has 0 aliphatic heterocycles. The zero-order valence-corrected chi connectivity index (χ0v) is 12.0. The molecule has 5 aliphatic carbocycles. The van der Waals surface area contributed by atoms with Crippen molar-refractivity contribution in [1.82, 2.24) is 5.32 Å². The van der Waals surface area contributed by atoms with Gasteiger partial charge in [-0.3, -0.25) is 4.79 Å². The lowest BCUT2D eigenvalue weighted by molar-refractivity contribution is -0.150. The van der Waals surface area contributed by atoms with Crippen LogP contribution in [0.3, 0.4) is 0 Å². The molecule has 0 saturated heterocycles. The average Bonchev–Trinajstić information content (AvgIpc) is 3.12. The molecule has 0 heterocycles. The molecule has 0 radical (unpaired) electrons. The highest BCUT2D eigenvalue weighted by molar-refractivity contribution is 5.87. The smallest absolute Gasteiger partial charge is 0.238 e. The standard InChI is InChI=1S/C16H26N2O/c1-18-16(14(17)19,13-2-3-13)15-7-10-4-11(8-15)6-12(5-10)9-15/h10-13,18H,2-9H2,1H3,(H2,17,19). The lowest BCUT2D eigenvalue weighted by atomic mass is 9.43. The summed E-state index contributed by atoms with van der Waals surface area (Å²) in [5.41, 5.74) is 5.73. The Kier molecular flexibility index (Phi) is 2.41. The van der Waals surface area contributed by atoms with Crippen LogP contribution in [0.4, 0.5) is 0 Å². The highest BCUT2D eigenvalue weighted by Gasteiger charge is 2.66. The summed E-state index contributed by atoms with van der Waals surface area (Å²) < 4.78 is 0. The van der Waals surface area contributed by atoms with Crippen LogP contribution >= 0.6 is 0 Å². The van der Waals surface area contributed by atoms with E-state index in [0.717, 1.165) is 17.8 Å². The van der Waals surface area contributed by atoms with Gasteiger partial charge in [-0.25, -0.2) is 0 Å². The van der Waals surface area contributed by atoms with Gasteiger partial charge < -0.3 is 11.1 Å². The molecule has 5 fully saturated rings. The predicted molar refractivity (Wildman–Crippen MR) is 74.3 cm³/mol. The van der Waals surface area contributed by atoms with Crippen molar-refractivity contribution in [2.75, 3.05) is 7.05 Å². The summed E-state index contributed by atoms with van der Waals surface area (Å²) in [6.45, 7) is 0. The Morgan fingerprint density at radius 3 is 1.89 bits per heavy atom. The second-order valence-corrected chi connectivity index (χ2v) is 7.89. The summed E-state index contributed by atoms with van der Waals surface area (Å²) in [6.07, 6.45) is 10.4. The van der Waals surface area contributed by atoms with Gasteiger partial charge in [0.1, 0.15) is 5.54 Å². The van der Waals surface area contributed by atoms with Crippen molar-refractivity contribution in [3.05, 3.63) is 0 Å². The Bertz CT molecular complexity index is 380. The van der Waals surface area contributed by atoms with Gasteiger partial charge >= 0.3 is 0 Å². The van der Waals surface area contributed by atoms with Gasteiger partial charge in [-0.2, -0.15) is 0 Å². The first-order chi connectivity index (χ1) is 9.09. The van der Waals surface area contributed by atoms with Crippen LogP contribution in [-0.4, -0.2) is 18.5 Å². The Hall–Kier alpha value is -0.570. The number of hydrogen-bond acceptors (Lipinski definition) is 2. The number of likely N-dealkylation sites (N-methyl/N-ethyl adjacent to an activating group) is 1. The number of nitrogens with one attached hydrogen (secondary N) is 1. The molecule has 0 aromatic rings. The molecule has 0 spiro atoms. The fourth-order valence-electron chi connectivity index (χ4n) is 6.60. The van der Waals surface area contributed by atoms with Gasteiger partial charge in [0, 0.05) is 0 Å². The number of amides is 1. The summed E-state index contributed by atoms with van der Waals surface area (Å²) >= 11 is 0. The summed E-state index contributed by atoms with van der Waals surface area (Å²) in [7, 11) is 1.97. The summed E-state index contributed by atoms with van der Waals surface area (Å²) in [5, 5.41) is 3.46. The molecule has 1 amide bonds. The first-order valence-corrected chi connectivity index (χ1v) is 8.08. The van der Waals surface area contributed by atoms with E-state index in [1.54, 1.807) is 0 Å². The predicted octanol–water partition coefficient (Wildman–Crippen LogP) is 2.06. The number of nitrogens with two attached hydrogens (primary N) is 1. The lowest BCUT2D eigenvalue weighted by Gasteiger charge is -2.63. The molecule has 0 aromatic carbocycles. The molecule has 5 saturated carbocycles. The molecule has 4 bridgehead atoms. The molecule has 106 valence electrons. The van der Waals surface area contributed by atoms with E-state index in [-0.39, 0.29) is 11.3 Å². The number of carbonyl (C=O) groups excluding carboxylic acids is 1. The van der Waals surface area contributed by atoms with Crippen LogP contribution < -0.4 is 11.1 Å². The highest BCUT2D eigenvalue weighted by atomic mass is 16.1.